The molecular weight excluding hydrogens is 204 g/mol. The number of hydrogen-bond donors (Lipinski definition) is 2. The van der Waals surface area contributed by atoms with E-state index in [1.54, 1.807) is 12.3 Å². The molecule has 0 bridgehead atoms. The van der Waals surface area contributed by atoms with Gasteiger partial charge in [-0.15, -0.1) is 6.58 Å². The zero-order chi connectivity index (χ0) is 11.6. The Morgan fingerprint density at radius 1 is 1.50 bits per heavy atom. The lowest BCUT2D eigenvalue weighted by Gasteiger charge is -2.01. The van der Waals surface area contributed by atoms with Crippen molar-refractivity contribution in [3.63, 3.8) is 0 Å². The van der Waals surface area contributed by atoms with E-state index in [4.69, 9.17) is 4.42 Å². The molecule has 1 heterocycles. The Labute approximate surface area is 95.0 Å². The standard InChI is InChI=1S/C12H16N2O2/c1-2-7-14-12(15)10-13-8-3-5-11-6-4-9-16-11/h2-6,9,13H,1,7-8,10H2,(H,14,15)/b5-3+. The highest BCUT2D eigenvalue weighted by atomic mass is 16.3. The Kier molecular flexibility index (Phi) is 5.73. The summed E-state index contributed by atoms with van der Waals surface area (Å²) in [7, 11) is 0. The first-order valence-corrected chi connectivity index (χ1v) is 5.11. The van der Waals surface area contributed by atoms with Crippen molar-refractivity contribution in [3.05, 3.63) is 42.9 Å². The third kappa shape index (κ3) is 5.17. The first-order valence-electron chi connectivity index (χ1n) is 5.11. The van der Waals surface area contributed by atoms with Gasteiger partial charge in [0.1, 0.15) is 5.76 Å². The maximum Gasteiger partial charge on any atom is 0.234 e. The highest BCUT2D eigenvalue weighted by molar-refractivity contribution is 5.78. The number of amides is 1. The maximum absolute atomic E-state index is 11.1. The number of carbonyl (C=O) groups is 1. The minimum absolute atomic E-state index is 0.0358. The van der Waals surface area contributed by atoms with Crippen LogP contribution in [0.25, 0.3) is 6.08 Å². The predicted octanol–water partition coefficient (Wildman–Crippen LogP) is 1.18. The maximum atomic E-state index is 11.1. The van der Waals surface area contributed by atoms with Gasteiger partial charge in [0, 0.05) is 13.1 Å². The van der Waals surface area contributed by atoms with Crippen LogP contribution >= 0.6 is 0 Å². The van der Waals surface area contributed by atoms with Crippen LogP contribution < -0.4 is 10.6 Å². The summed E-state index contributed by atoms with van der Waals surface area (Å²) in [5.41, 5.74) is 0. The second-order valence-electron chi connectivity index (χ2n) is 3.14. The van der Waals surface area contributed by atoms with Gasteiger partial charge in [-0.05, 0) is 18.2 Å². The summed E-state index contributed by atoms with van der Waals surface area (Å²) >= 11 is 0. The van der Waals surface area contributed by atoms with E-state index in [0.29, 0.717) is 19.6 Å². The fraction of sp³-hybridized carbons (Fsp3) is 0.250. The van der Waals surface area contributed by atoms with Gasteiger partial charge in [-0.3, -0.25) is 4.79 Å². The molecule has 1 aromatic rings. The summed E-state index contributed by atoms with van der Waals surface area (Å²) < 4.78 is 5.11. The van der Waals surface area contributed by atoms with Gasteiger partial charge in [-0.25, -0.2) is 0 Å². The fourth-order valence-corrected chi connectivity index (χ4v) is 1.08. The van der Waals surface area contributed by atoms with Gasteiger partial charge in [0.15, 0.2) is 0 Å². The van der Waals surface area contributed by atoms with Gasteiger partial charge in [-0.2, -0.15) is 0 Å². The van der Waals surface area contributed by atoms with Crippen LogP contribution in [0.4, 0.5) is 0 Å². The van der Waals surface area contributed by atoms with E-state index >= 15 is 0 Å². The molecule has 16 heavy (non-hydrogen) atoms. The molecule has 86 valence electrons. The quantitative estimate of drug-likeness (QED) is 0.536. The lowest BCUT2D eigenvalue weighted by atomic mass is 10.4. The zero-order valence-electron chi connectivity index (χ0n) is 9.11. The number of furan rings is 1. The largest absolute Gasteiger partial charge is 0.465 e. The average Bonchev–Trinajstić information content (AvgIpc) is 2.79. The second-order valence-corrected chi connectivity index (χ2v) is 3.14. The first kappa shape index (κ1) is 12.3. The van der Waals surface area contributed by atoms with Crippen molar-refractivity contribution in [2.45, 2.75) is 0 Å². The molecule has 2 N–H and O–H groups in total. The molecule has 0 aliphatic carbocycles. The van der Waals surface area contributed by atoms with Crippen LogP contribution in [0.15, 0.2) is 41.5 Å². The smallest absolute Gasteiger partial charge is 0.234 e. The van der Waals surface area contributed by atoms with E-state index in [0.717, 1.165) is 5.76 Å². The van der Waals surface area contributed by atoms with E-state index in [2.05, 4.69) is 17.2 Å². The Morgan fingerprint density at radius 2 is 2.38 bits per heavy atom. The van der Waals surface area contributed by atoms with Gasteiger partial charge in [0.05, 0.1) is 12.8 Å². The van der Waals surface area contributed by atoms with Gasteiger partial charge in [0.2, 0.25) is 5.91 Å². The fourth-order valence-electron chi connectivity index (χ4n) is 1.08. The minimum atomic E-state index is -0.0358. The number of rotatable bonds is 7. The van der Waals surface area contributed by atoms with E-state index in [9.17, 15) is 4.79 Å². The molecule has 0 atom stereocenters. The molecule has 1 aromatic heterocycles. The third-order valence-corrected chi connectivity index (χ3v) is 1.82. The van der Waals surface area contributed by atoms with Gasteiger partial charge >= 0.3 is 0 Å². The molecule has 0 aliphatic rings. The van der Waals surface area contributed by atoms with Crippen LogP contribution in [-0.2, 0) is 4.79 Å². The second kappa shape index (κ2) is 7.48. The molecule has 0 radical (unpaired) electrons. The summed E-state index contributed by atoms with van der Waals surface area (Å²) in [6.45, 7) is 4.95. The Morgan fingerprint density at radius 3 is 3.06 bits per heavy atom. The molecule has 1 rings (SSSR count). The first-order chi connectivity index (χ1) is 7.83. The Balaban J connectivity index is 2.07. The molecule has 0 saturated heterocycles. The van der Waals surface area contributed by atoms with Crippen molar-refractivity contribution in [3.8, 4) is 0 Å². The van der Waals surface area contributed by atoms with Crippen molar-refractivity contribution < 1.29 is 9.21 Å². The summed E-state index contributed by atoms with van der Waals surface area (Å²) in [6.07, 6.45) is 7.03. The van der Waals surface area contributed by atoms with E-state index in [-0.39, 0.29) is 5.91 Å². The zero-order valence-corrected chi connectivity index (χ0v) is 9.11. The molecule has 4 nitrogen and oxygen atoms in total. The van der Waals surface area contributed by atoms with Crippen LogP contribution in [0.2, 0.25) is 0 Å². The molecule has 0 unspecified atom stereocenters. The lowest BCUT2D eigenvalue weighted by Crippen LogP contribution is -2.33. The SMILES string of the molecule is C=CCNC(=O)CNC/C=C/c1ccco1. The van der Waals surface area contributed by atoms with Crippen molar-refractivity contribution in [2.75, 3.05) is 19.6 Å². The summed E-state index contributed by atoms with van der Waals surface area (Å²) in [6, 6.07) is 3.70. The van der Waals surface area contributed by atoms with Gasteiger partial charge < -0.3 is 15.1 Å². The summed E-state index contributed by atoms with van der Waals surface area (Å²) in [5.74, 6) is 0.768. The molecule has 0 saturated carbocycles. The van der Waals surface area contributed by atoms with Crippen LogP contribution in [0, 0.1) is 0 Å². The molecular formula is C12H16N2O2. The van der Waals surface area contributed by atoms with Crippen LogP contribution in [0.3, 0.4) is 0 Å². The highest BCUT2D eigenvalue weighted by Gasteiger charge is 1.95. The van der Waals surface area contributed by atoms with E-state index in [1.165, 1.54) is 0 Å². The van der Waals surface area contributed by atoms with Crippen LogP contribution in [0.5, 0.6) is 0 Å². The number of hydrogen-bond acceptors (Lipinski definition) is 3. The van der Waals surface area contributed by atoms with Crippen molar-refractivity contribution >= 4 is 12.0 Å². The predicted molar refractivity (Wildman–Crippen MR) is 63.8 cm³/mol. The molecule has 0 aromatic carbocycles. The monoisotopic (exact) mass is 220 g/mol. The normalized spacial score (nSPS) is 10.5. The van der Waals surface area contributed by atoms with Crippen LogP contribution in [0.1, 0.15) is 5.76 Å². The molecule has 4 heteroatoms. The van der Waals surface area contributed by atoms with Crippen LogP contribution in [-0.4, -0.2) is 25.5 Å². The van der Waals surface area contributed by atoms with E-state index < -0.39 is 0 Å². The Bertz CT molecular complexity index is 342. The molecule has 0 spiro atoms. The van der Waals surface area contributed by atoms with E-state index in [1.807, 2.05) is 24.3 Å². The average molecular weight is 220 g/mol. The number of carbonyl (C=O) groups excluding carboxylic acids is 1. The highest BCUT2D eigenvalue weighted by Crippen LogP contribution is 2.00. The topological polar surface area (TPSA) is 54.3 Å². The number of nitrogens with one attached hydrogen (secondary N) is 2. The Hall–Kier alpha value is -1.81. The lowest BCUT2D eigenvalue weighted by molar-refractivity contribution is -0.119. The molecule has 0 aliphatic heterocycles. The molecule has 0 fully saturated rings. The summed E-state index contributed by atoms with van der Waals surface area (Å²) in [4.78, 5) is 11.1. The van der Waals surface area contributed by atoms with Crippen molar-refractivity contribution in [1.82, 2.24) is 10.6 Å². The van der Waals surface area contributed by atoms with Crippen molar-refractivity contribution in [1.29, 1.82) is 0 Å². The summed E-state index contributed by atoms with van der Waals surface area (Å²) in [5, 5.41) is 5.66. The molecule has 1 amide bonds. The minimum Gasteiger partial charge on any atom is -0.465 e. The van der Waals surface area contributed by atoms with Crippen molar-refractivity contribution in [2.24, 2.45) is 0 Å². The van der Waals surface area contributed by atoms with Gasteiger partial charge in [-0.1, -0.05) is 12.2 Å². The third-order valence-electron chi connectivity index (χ3n) is 1.82. The van der Waals surface area contributed by atoms with Gasteiger partial charge in [0.25, 0.3) is 0 Å².